The van der Waals surface area contributed by atoms with E-state index in [1.807, 2.05) is 0 Å². The van der Waals surface area contributed by atoms with E-state index in [1.165, 1.54) is 25.7 Å². The van der Waals surface area contributed by atoms with Gasteiger partial charge in [0.15, 0.2) is 0 Å². The maximum Gasteiger partial charge on any atom is 0.00473 e. The molecule has 0 spiro atoms. The Hall–Kier alpha value is -1.04. The molecular formula is C14H19. The summed E-state index contributed by atoms with van der Waals surface area (Å²) in [5.74, 6) is 0. The third-order valence-electron chi connectivity index (χ3n) is 2.15. The van der Waals surface area contributed by atoms with Gasteiger partial charge in [0.2, 0.25) is 0 Å². The first kappa shape index (κ1) is 11.0. The van der Waals surface area contributed by atoms with Crippen molar-refractivity contribution >= 4 is 0 Å². The van der Waals surface area contributed by atoms with Crippen molar-refractivity contribution in [2.24, 2.45) is 0 Å². The van der Waals surface area contributed by atoms with Crippen LogP contribution in [0.15, 0.2) is 48.6 Å². The fourth-order valence-electron chi connectivity index (χ4n) is 1.34. The minimum Gasteiger partial charge on any atom is -0.0882 e. The topological polar surface area (TPSA) is 0 Å². The van der Waals surface area contributed by atoms with E-state index >= 15 is 0 Å². The number of hydrogen-bond donors (Lipinski definition) is 0. The zero-order chi connectivity index (χ0) is 9.90. The molecule has 0 saturated carbocycles. The standard InChI is InChI=1S/C14H19/c1-2-4-6-8-10-12-14-13-11-9-7-5-3-1/h1-7,10,12H,8-9,11,13-14H2/b2-1+,6-4+,7-5-,12-10-. The Morgan fingerprint density at radius 2 is 1.43 bits per heavy atom. The third-order valence-corrected chi connectivity index (χ3v) is 2.15. The summed E-state index contributed by atoms with van der Waals surface area (Å²) >= 11 is 0. The summed E-state index contributed by atoms with van der Waals surface area (Å²) in [7, 11) is 0. The highest BCUT2D eigenvalue weighted by Gasteiger charge is 1.83. The second kappa shape index (κ2) is 8.55. The molecule has 0 nitrogen and oxygen atoms in total. The summed E-state index contributed by atoms with van der Waals surface area (Å²) in [5, 5.41) is 0. The lowest BCUT2D eigenvalue weighted by Gasteiger charge is -1.93. The average Bonchev–Trinajstić information content (AvgIpc) is 2.22. The molecule has 0 unspecified atom stereocenters. The van der Waals surface area contributed by atoms with E-state index in [1.54, 1.807) is 0 Å². The van der Waals surface area contributed by atoms with Crippen molar-refractivity contribution in [3.05, 3.63) is 55.0 Å². The molecule has 0 saturated heterocycles. The van der Waals surface area contributed by atoms with Gasteiger partial charge < -0.3 is 0 Å². The minimum absolute atomic E-state index is 1.06. The molecule has 1 radical (unpaired) electrons. The van der Waals surface area contributed by atoms with Crippen LogP contribution in [0.5, 0.6) is 0 Å². The Balaban J connectivity index is 2.35. The van der Waals surface area contributed by atoms with Crippen molar-refractivity contribution in [2.75, 3.05) is 0 Å². The molecular weight excluding hydrogens is 168 g/mol. The van der Waals surface area contributed by atoms with Gasteiger partial charge in [-0.2, -0.15) is 0 Å². The van der Waals surface area contributed by atoms with Crippen LogP contribution in [0.25, 0.3) is 0 Å². The first-order valence-electron chi connectivity index (χ1n) is 5.47. The van der Waals surface area contributed by atoms with E-state index in [-0.39, 0.29) is 0 Å². The van der Waals surface area contributed by atoms with Crippen LogP contribution in [-0.4, -0.2) is 0 Å². The molecule has 0 atom stereocenters. The lowest BCUT2D eigenvalue weighted by atomic mass is 10.1. The zero-order valence-electron chi connectivity index (χ0n) is 8.73. The van der Waals surface area contributed by atoms with Crippen LogP contribution < -0.4 is 0 Å². The van der Waals surface area contributed by atoms with Crippen LogP contribution in [0.4, 0.5) is 0 Å². The molecule has 0 aromatic heterocycles. The zero-order valence-corrected chi connectivity index (χ0v) is 8.73. The highest BCUT2D eigenvalue weighted by atomic mass is 13.9. The SMILES string of the molecule is [CH]1/C=C\CCCC/C=C\C/C=C/C=C/1. The largest absolute Gasteiger partial charge is 0.0882 e. The van der Waals surface area contributed by atoms with Crippen molar-refractivity contribution in [3.63, 3.8) is 0 Å². The summed E-state index contributed by atoms with van der Waals surface area (Å²) in [6, 6.07) is 0. The molecule has 0 aromatic rings. The highest BCUT2D eigenvalue weighted by Crippen LogP contribution is 2.03. The second-order valence-electron chi connectivity index (χ2n) is 3.43. The molecule has 0 heteroatoms. The van der Waals surface area contributed by atoms with Gasteiger partial charge in [-0.15, -0.1) is 0 Å². The van der Waals surface area contributed by atoms with E-state index in [2.05, 4.69) is 55.0 Å². The summed E-state index contributed by atoms with van der Waals surface area (Å²) in [4.78, 5) is 0. The lowest BCUT2D eigenvalue weighted by Crippen LogP contribution is -1.73. The van der Waals surface area contributed by atoms with Crippen LogP contribution in [0.2, 0.25) is 0 Å². The number of allylic oxidation sites excluding steroid dienone is 8. The van der Waals surface area contributed by atoms with E-state index in [4.69, 9.17) is 0 Å². The average molecular weight is 187 g/mol. The van der Waals surface area contributed by atoms with Gasteiger partial charge in [-0.3, -0.25) is 0 Å². The molecule has 0 heterocycles. The molecule has 0 aliphatic heterocycles. The first-order valence-corrected chi connectivity index (χ1v) is 5.47. The fourth-order valence-corrected chi connectivity index (χ4v) is 1.34. The fraction of sp³-hybridized carbons (Fsp3) is 0.357. The Labute approximate surface area is 87.7 Å². The maximum atomic E-state index is 2.29. The van der Waals surface area contributed by atoms with Crippen LogP contribution in [-0.2, 0) is 0 Å². The molecule has 0 N–H and O–H groups in total. The van der Waals surface area contributed by atoms with E-state index in [9.17, 15) is 0 Å². The molecule has 0 bridgehead atoms. The molecule has 75 valence electrons. The molecule has 14 heavy (non-hydrogen) atoms. The van der Waals surface area contributed by atoms with Gasteiger partial charge in [0.25, 0.3) is 0 Å². The van der Waals surface area contributed by atoms with E-state index in [0.717, 1.165) is 6.42 Å². The van der Waals surface area contributed by atoms with Crippen molar-refractivity contribution < 1.29 is 0 Å². The lowest BCUT2D eigenvalue weighted by molar-refractivity contribution is 0.761. The van der Waals surface area contributed by atoms with Gasteiger partial charge in [0, 0.05) is 6.42 Å². The Morgan fingerprint density at radius 1 is 0.571 bits per heavy atom. The van der Waals surface area contributed by atoms with Gasteiger partial charge in [0.05, 0.1) is 0 Å². The third kappa shape index (κ3) is 6.47. The van der Waals surface area contributed by atoms with Gasteiger partial charge >= 0.3 is 0 Å². The maximum absolute atomic E-state index is 2.29. The van der Waals surface area contributed by atoms with E-state index in [0.29, 0.717) is 0 Å². The van der Waals surface area contributed by atoms with Crippen molar-refractivity contribution in [3.8, 4) is 0 Å². The van der Waals surface area contributed by atoms with Crippen molar-refractivity contribution in [1.82, 2.24) is 0 Å². The van der Waals surface area contributed by atoms with Gasteiger partial charge in [-0.05, 0) is 32.1 Å². The van der Waals surface area contributed by atoms with Crippen LogP contribution in [0.1, 0.15) is 32.1 Å². The summed E-state index contributed by atoms with van der Waals surface area (Å²) in [6.07, 6.45) is 25.5. The number of rotatable bonds is 0. The van der Waals surface area contributed by atoms with Gasteiger partial charge in [0.1, 0.15) is 0 Å². The van der Waals surface area contributed by atoms with Crippen LogP contribution >= 0.6 is 0 Å². The molecule has 0 amide bonds. The summed E-state index contributed by atoms with van der Waals surface area (Å²) in [6.45, 7) is 0. The molecule has 0 fully saturated rings. The van der Waals surface area contributed by atoms with E-state index < -0.39 is 0 Å². The predicted molar refractivity (Wildman–Crippen MR) is 63.9 cm³/mol. The predicted octanol–water partition coefficient (Wildman–Crippen LogP) is 4.38. The Bertz CT molecular complexity index is 202. The molecule has 0 aromatic carbocycles. The quantitative estimate of drug-likeness (QED) is 0.494. The molecule has 1 aliphatic rings. The highest BCUT2D eigenvalue weighted by molar-refractivity contribution is 5.14. The van der Waals surface area contributed by atoms with Gasteiger partial charge in [-0.1, -0.05) is 48.6 Å². The minimum atomic E-state index is 1.06. The Kier molecular flexibility index (Phi) is 6.74. The smallest absolute Gasteiger partial charge is 0.00473 e. The van der Waals surface area contributed by atoms with Crippen LogP contribution in [0, 0.1) is 6.42 Å². The van der Waals surface area contributed by atoms with Crippen molar-refractivity contribution in [2.45, 2.75) is 32.1 Å². The Morgan fingerprint density at radius 3 is 2.36 bits per heavy atom. The first-order chi connectivity index (χ1) is 7.00. The van der Waals surface area contributed by atoms with Crippen molar-refractivity contribution in [1.29, 1.82) is 0 Å². The van der Waals surface area contributed by atoms with Crippen LogP contribution in [0.3, 0.4) is 0 Å². The second-order valence-corrected chi connectivity index (χ2v) is 3.43. The molecule has 1 aliphatic carbocycles. The molecule has 1 rings (SSSR count). The summed E-state index contributed by atoms with van der Waals surface area (Å²) in [5.41, 5.74) is 0. The number of hydrogen-bond acceptors (Lipinski definition) is 0. The van der Waals surface area contributed by atoms with Gasteiger partial charge in [-0.25, -0.2) is 0 Å². The monoisotopic (exact) mass is 187 g/mol. The normalized spacial score (nSPS) is 28.6. The summed E-state index contributed by atoms with van der Waals surface area (Å²) < 4.78 is 0.